The van der Waals surface area contributed by atoms with Crippen LogP contribution < -0.4 is 10.6 Å². The summed E-state index contributed by atoms with van der Waals surface area (Å²) in [5.74, 6) is -1.56. The first-order valence-corrected chi connectivity index (χ1v) is 7.90. The standard InChI is InChI=1S/C19H18N2O4/c1-21-15-10-6-5-9-13(15)16(22)14(11-12-7-3-2-4-8-12)17(18(21)23)25-19(20)24/h2-10,14,17H,11H2,1H3,(H2,20,24). The molecule has 25 heavy (non-hydrogen) atoms. The van der Waals surface area contributed by atoms with E-state index >= 15 is 0 Å². The number of nitrogens with zero attached hydrogens (tertiary/aromatic N) is 1. The molecule has 0 saturated heterocycles. The summed E-state index contributed by atoms with van der Waals surface area (Å²) in [6.45, 7) is 0. The van der Waals surface area contributed by atoms with Crippen molar-refractivity contribution in [2.75, 3.05) is 11.9 Å². The predicted octanol–water partition coefficient (Wildman–Crippen LogP) is 2.17. The molecular weight excluding hydrogens is 320 g/mol. The van der Waals surface area contributed by atoms with Crippen LogP contribution in [0.15, 0.2) is 54.6 Å². The van der Waals surface area contributed by atoms with Crippen molar-refractivity contribution in [1.29, 1.82) is 0 Å². The van der Waals surface area contributed by atoms with E-state index in [1.807, 2.05) is 30.3 Å². The van der Waals surface area contributed by atoms with E-state index in [2.05, 4.69) is 0 Å². The maximum atomic E-state index is 13.1. The van der Waals surface area contributed by atoms with Crippen molar-refractivity contribution < 1.29 is 19.1 Å². The van der Waals surface area contributed by atoms with Gasteiger partial charge in [0.1, 0.15) is 0 Å². The molecule has 6 heteroatoms. The van der Waals surface area contributed by atoms with Gasteiger partial charge in [0.05, 0.1) is 11.6 Å². The molecule has 0 spiro atoms. The van der Waals surface area contributed by atoms with Crippen LogP contribution in [0.25, 0.3) is 0 Å². The molecule has 128 valence electrons. The minimum atomic E-state index is -1.26. The van der Waals surface area contributed by atoms with Crippen molar-refractivity contribution >= 4 is 23.5 Å². The number of hydrogen-bond acceptors (Lipinski definition) is 4. The van der Waals surface area contributed by atoms with Crippen molar-refractivity contribution in [3.63, 3.8) is 0 Å². The number of nitrogens with two attached hydrogens (primary N) is 1. The first-order chi connectivity index (χ1) is 12.0. The van der Waals surface area contributed by atoms with Gasteiger partial charge in [-0.2, -0.15) is 0 Å². The van der Waals surface area contributed by atoms with Crippen LogP contribution in [0.3, 0.4) is 0 Å². The molecule has 2 N–H and O–H groups in total. The van der Waals surface area contributed by atoms with E-state index in [0.717, 1.165) is 5.56 Å². The molecule has 3 rings (SSSR count). The lowest BCUT2D eigenvalue weighted by Crippen LogP contribution is -2.45. The van der Waals surface area contributed by atoms with E-state index in [0.29, 0.717) is 11.3 Å². The van der Waals surface area contributed by atoms with E-state index in [9.17, 15) is 14.4 Å². The SMILES string of the molecule is CN1C(=O)C(OC(N)=O)C(Cc2ccccc2)C(=O)c2ccccc21. The second kappa shape index (κ2) is 6.76. The van der Waals surface area contributed by atoms with Gasteiger partial charge in [0.2, 0.25) is 0 Å². The lowest BCUT2D eigenvalue weighted by atomic mass is 9.87. The molecule has 2 amide bonds. The van der Waals surface area contributed by atoms with Crippen LogP contribution in [0, 0.1) is 5.92 Å². The Morgan fingerprint density at radius 1 is 1.08 bits per heavy atom. The predicted molar refractivity (Wildman–Crippen MR) is 92.3 cm³/mol. The Morgan fingerprint density at radius 2 is 1.72 bits per heavy atom. The lowest BCUT2D eigenvalue weighted by Gasteiger charge is -2.24. The smallest absolute Gasteiger partial charge is 0.405 e. The average Bonchev–Trinajstić information content (AvgIpc) is 2.69. The number of benzene rings is 2. The number of fused-ring (bicyclic) bond motifs is 1. The Labute approximate surface area is 145 Å². The highest BCUT2D eigenvalue weighted by molar-refractivity contribution is 6.13. The van der Waals surface area contributed by atoms with Crippen molar-refractivity contribution in [2.45, 2.75) is 12.5 Å². The monoisotopic (exact) mass is 338 g/mol. The van der Waals surface area contributed by atoms with Crippen LogP contribution in [0.1, 0.15) is 15.9 Å². The zero-order chi connectivity index (χ0) is 18.0. The summed E-state index contributed by atoms with van der Waals surface area (Å²) >= 11 is 0. The highest BCUT2D eigenvalue weighted by Crippen LogP contribution is 2.31. The highest BCUT2D eigenvalue weighted by atomic mass is 16.6. The number of para-hydroxylation sites is 1. The fourth-order valence-corrected chi connectivity index (χ4v) is 3.12. The van der Waals surface area contributed by atoms with Crippen molar-refractivity contribution in [3.05, 3.63) is 65.7 Å². The van der Waals surface area contributed by atoms with Crippen LogP contribution in [0.5, 0.6) is 0 Å². The molecule has 0 saturated carbocycles. The molecule has 6 nitrogen and oxygen atoms in total. The number of likely N-dealkylation sites (N-methyl/N-ethyl adjacent to an activating group) is 1. The molecular formula is C19H18N2O4. The molecule has 0 bridgehead atoms. The number of amides is 2. The zero-order valence-electron chi connectivity index (χ0n) is 13.7. The summed E-state index contributed by atoms with van der Waals surface area (Å²) in [6.07, 6.45) is -2.07. The van der Waals surface area contributed by atoms with Crippen molar-refractivity contribution in [2.24, 2.45) is 11.7 Å². The minimum Gasteiger partial charge on any atom is -0.435 e. The third-order valence-electron chi connectivity index (χ3n) is 4.35. The second-order valence-corrected chi connectivity index (χ2v) is 5.93. The number of anilines is 1. The number of primary amides is 1. The summed E-state index contributed by atoms with van der Waals surface area (Å²) in [5.41, 5.74) is 6.93. The van der Waals surface area contributed by atoms with E-state index < -0.39 is 24.0 Å². The van der Waals surface area contributed by atoms with Gasteiger partial charge in [0, 0.05) is 12.6 Å². The summed E-state index contributed by atoms with van der Waals surface area (Å²) in [6, 6.07) is 16.1. The number of carbonyl (C=O) groups excluding carboxylic acids is 3. The van der Waals surface area contributed by atoms with Gasteiger partial charge in [0.15, 0.2) is 11.9 Å². The van der Waals surface area contributed by atoms with Crippen LogP contribution >= 0.6 is 0 Å². The summed E-state index contributed by atoms with van der Waals surface area (Å²) in [7, 11) is 1.55. The van der Waals surface area contributed by atoms with Crippen molar-refractivity contribution in [3.8, 4) is 0 Å². The zero-order valence-corrected chi connectivity index (χ0v) is 13.7. The third kappa shape index (κ3) is 3.24. The molecule has 0 aliphatic carbocycles. The minimum absolute atomic E-state index is 0.247. The van der Waals surface area contributed by atoms with Crippen LogP contribution in [0.2, 0.25) is 0 Å². The topological polar surface area (TPSA) is 89.7 Å². The summed E-state index contributed by atoms with van der Waals surface area (Å²) < 4.78 is 5.07. The van der Waals surface area contributed by atoms with E-state index in [1.165, 1.54) is 4.90 Å². The van der Waals surface area contributed by atoms with Gasteiger partial charge in [-0.3, -0.25) is 9.59 Å². The number of Topliss-reactive ketones (excluding diaryl/α,β-unsaturated/α-hetero) is 1. The van der Waals surface area contributed by atoms with Crippen LogP contribution in [0.4, 0.5) is 10.5 Å². The van der Waals surface area contributed by atoms with Crippen LogP contribution in [-0.2, 0) is 16.0 Å². The molecule has 2 aromatic carbocycles. The van der Waals surface area contributed by atoms with E-state index in [1.54, 1.807) is 31.3 Å². The molecule has 1 heterocycles. The van der Waals surface area contributed by atoms with Gasteiger partial charge < -0.3 is 15.4 Å². The number of ether oxygens (including phenoxy) is 1. The molecule has 2 unspecified atom stereocenters. The maximum absolute atomic E-state index is 13.1. The molecule has 2 atom stereocenters. The quantitative estimate of drug-likeness (QED) is 0.929. The first-order valence-electron chi connectivity index (χ1n) is 7.90. The lowest BCUT2D eigenvalue weighted by molar-refractivity contribution is -0.128. The Morgan fingerprint density at radius 3 is 2.40 bits per heavy atom. The highest BCUT2D eigenvalue weighted by Gasteiger charge is 2.43. The van der Waals surface area contributed by atoms with E-state index in [-0.39, 0.29) is 12.2 Å². The molecule has 0 radical (unpaired) electrons. The van der Waals surface area contributed by atoms with Gasteiger partial charge in [-0.1, -0.05) is 42.5 Å². The second-order valence-electron chi connectivity index (χ2n) is 5.93. The normalized spacial score (nSPS) is 20.0. The fourth-order valence-electron chi connectivity index (χ4n) is 3.12. The Balaban J connectivity index is 2.08. The molecule has 1 aliphatic heterocycles. The molecule has 0 fully saturated rings. The summed E-state index contributed by atoms with van der Waals surface area (Å²) in [5, 5.41) is 0. The maximum Gasteiger partial charge on any atom is 0.405 e. The van der Waals surface area contributed by atoms with Gasteiger partial charge in [-0.15, -0.1) is 0 Å². The number of hydrogen-bond donors (Lipinski definition) is 1. The number of ketones is 1. The largest absolute Gasteiger partial charge is 0.435 e. The number of carbonyl (C=O) groups is 3. The number of rotatable bonds is 3. The molecule has 1 aliphatic rings. The Hall–Kier alpha value is -3.15. The Bertz CT molecular complexity index is 819. The summed E-state index contributed by atoms with van der Waals surface area (Å²) in [4.78, 5) is 38.6. The fraction of sp³-hybridized carbons (Fsp3) is 0.211. The van der Waals surface area contributed by atoms with Gasteiger partial charge in [-0.05, 0) is 24.1 Å². The van der Waals surface area contributed by atoms with Crippen LogP contribution in [-0.4, -0.2) is 30.9 Å². The average molecular weight is 338 g/mol. The van der Waals surface area contributed by atoms with Gasteiger partial charge in [0.25, 0.3) is 5.91 Å². The van der Waals surface area contributed by atoms with E-state index in [4.69, 9.17) is 10.5 Å². The molecule has 0 aromatic heterocycles. The molecule has 2 aromatic rings. The Kier molecular flexibility index (Phi) is 4.52. The third-order valence-corrected chi connectivity index (χ3v) is 4.35. The van der Waals surface area contributed by atoms with Gasteiger partial charge >= 0.3 is 6.09 Å². The van der Waals surface area contributed by atoms with Gasteiger partial charge in [-0.25, -0.2) is 4.79 Å². The van der Waals surface area contributed by atoms with Crippen molar-refractivity contribution in [1.82, 2.24) is 0 Å². The first kappa shape index (κ1) is 16.7.